The Balaban J connectivity index is 1.93. The first-order chi connectivity index (χ1) is 13.6. The second-order valence-corrected chi connectivity index (χ2v) is 7.99. The fraction of sp³-hybridized carbons (Fsp3) is 0.588. The molecule has 0 aromatic carbocycles. The van der Waals surface area contributed by atoms with E-state index in [4.69, 9.17) is 26.6 Å². The lowest BCUT2D eigenvalue weighted by Gasteiger charge is -2.41. The Morgan fingerprint density at radius 3 is 3.04 bits per heavy atom. The lowest BCUT2D eigenvalue weighted by atomic mass is 9.98. The van der Waals surface area contributed by atoms with E-state index in [1.165, 1.54) is 18.9 Å². The highest BCUT2D eigenvalue weighted by Crippen LogP contribution is 2.39. The first kappa shape index (κ1) is 21.4. The predicted molar refractivity (Wildman–Crippen MR) is 106 cm³/mol. The van der Waals surface area contributed by atoms with Gasteiger partial charge in [-0.05, 0) is 30.1 Å². The number of azide groups is 1. The van der Waals surface area contributed by atoms with Gasteiger partial charge in [-0.1, -0.05) is 34.6 Å². The van der Waals surface area contributed by atoms with Gasteiger partial charge >= 0.3 is 0 Å². The van der Waals surface area contributed by atoms with E-state index in [1.807, 2.05) is 0 Å². The molecule has 0 aliphatic carbocycles. The molecule has 1 aromatic rings. The van der Waals surface area contributed by atoms with E-state index in [-0.39, 0.29) is 0 Å². The van der Waals surface area contributed by atoms with Gasteiger partial charge in [-0.2, -0.15) is 0 Å². The number of halogens is 1. The summed E-state index contributed by atoms with van der Waals surface area (Å²) in [7, 11) is 1.46. The first-order valence-corrected chi connectivity index (χ1v) is 10.1. The molecule has 0 amide bonds. The topological polar surface area (TPSA) is 133 Å². The number of aromatic nitrogens is 1. The molecule has 9 nitrogen and oxygen atoms in total. The third-order valence-electron chi connectivity index (χ3n) is 4.71. The normalized spacial score (nSPS) is 30.4. The molecule has 3 N–H and O–H groups in total. The highest BCUT2D eigenvalue weighted by molar-refractivity contribution is 7.99. The zero-order valence-corrected chi connectivity index (χ0v) is 16.8. The number of pyridine rings is 1. The highest BCUT2D eigenvalue weighted by Gasteiger charge is 2.45. The van der Waals surface area contributed by atoms with Gasteiger partial charge in [0.2, 0.25) is 0 Å². The van der Waals surface area contributed by atoms with Crippen LogP contribution in [0.5, 0.6) is 0 Å². The molecular weight excluding hydrogens is 406 g/mol. The first-order valence-electron chi connectivity index (χ1n) is 8.82. The summed E-state index contributed by atoms with van der Waals surface area (Å²) >= 11 is 7.50. The van der Waals surface area contributed by atoms with Crippen molar-refractivity contribution in [3.8, 4) is 0 Å². The minimum Gasteiger partial charge on any atom is -0.394 e. The molecule has 1 aromatic heterocycles. The number of aliphatic hydroxyl groups is 2. The smallest absolute Gasteiger partial charge is 0.134 e. The van der Waals surface area contributed by atoms with Crippen molar-refractivity contribution in [1.82, 2.24) is 10.3 Å². The number of thioether (sulfide) groups is 1. The van der Waals surface area contributed by atoms with Crippen LogP contribution in [0.2, 0.25) is 5.02 Å². The van der Waals surface area contributed by atoms with Crippen molar-refractivity contribution in [3.05, 3.63) is 39.5 Å². The number of hydrogen-bond donors (Lipinski definition) is 3. The lowest BCUT2D eigenvalue weighted by Crippen LogP contribution is -2.57. The highest BCUT2D eigenvalue weighted by atomic mass is 35.5. The second kappa shape index (κ2) is 9.91. The van der Waals surface area contributed by atoms with E-state index in [2.05, 4.69) is 26.4 Å². The number of ether oxygens (including phenoxy) is 2. The monoisotopic (exact) mass is 427 g/mol. The van der Waals surface area contributed by atoms with Gasteiger partial charge in [0.1, 0.15) is 17.6 Å². The molecule has 2 aliphatic heterocycles. The molecule has 152 valence electrons. The van der Waals surface area contributed by atoms with Crippen LogP contribution >= 0.6 is 23.4 Å². The molecule has 1 saturated heterocycles. The molecule has 0 saturated carbocycles. The van der Waals surface area contributed by atoms with Gasteiger partial charge in [0.05, 0.1) is 29.5 Å². The van der Waals surface area contributed by atoms with Crippen LogP contribution in [0.3, 0.4) is 0 Å². The maximum atomic E-state index is 10.4. The van der Waals surface area contributed by atoms with Gasteiger partial charge in [0, 0.05) is 29.7 Å². The molecule has 3 heterocycles. The molecule has 0 radical (unpaired) electrons. The van der Waals surface area contributed by atoms with Crippen LogP contribution in [0, 0.1) is 0 Å². The largest absolute Gasteiger partial charge is 0.394 e. The fourth-order valence-corrected chi connectivity index (χ4v) is 4.88. The number of rotatable bonds is 6. The van der Waals surface area contributed by atoms with E-state index < -0.39 is 36.4 Å². The zero-order valence-electron chi connectivity index (χ0n) is 15.2. The van der Waals surface area contributed by atoms with Crippen LogP contribution in [0.1, 0.15) is 12.1 Å². The van der Waals surface area contributed by atoms with Crippen molar-refractivity contribution in [2.75, 3.05) is 26.8 Å². The molecule has 0 spiro atoms. The number of nitrogens with one attached hydrogen (secondary N) is 1. The molecule has 5 atom stereocenters. The molecule has 28 heavy (non-hydrogen) atoms. The van der Waals surface area contributed by atoms with Crippen LogP contribution in [0.25, 0.3) is 16.0 Å². The van der Waals surface area contributed by atoms with Crippen molar-refractivity contribution in [3.63, 3.8) is 0 Å². The molecule has 2 aliphatic rings. The summed E-state index contributed by atoms with van der Waals surface area (Å²) in [5.74, 6) is 0. The minimum absolute atomic E-state index is 0.413. The molecule has 1 fully saturated rings. The van der Waals surface area contributed by atoms with Crippen molar-refractivity contribution in [1.29, 1.82) is 0 Å². The number of nitrogens with zero attached hydrogens (tertiary/aromatic N) is 4. The van der Waals surface area contributed by atoms with E-state index in [0.29, 0.717) is 5.02 Å². The molecule has 0 unspecified atom stereocenters. The summed E-state index contributed by atoms with van der Waals surface area (Å²) in [5, 5.41) is 27.4. The lowest BCUT2D eigenvalue weighted by molar-refractivity contribution is -0.167. The number of methoxy groups -OCH3 is 1. The van der Waals surface area contributed by atoms with Gasteiger partial charge < -0.3 is 25.0 Å². The van der Waals surface area contributed by atoms with E-state index in [9.17, 15) is 10.2 Å². The van der Waals surface area contributed by atoms with Crippen molar-refractivity contribution < 1.29 is 19.7 Å². The quantitative estimate of drug-likeness (QED) is 0.359. The third-order valence-corrected chi connectivity index (χ3v) is 6.10. The van der Waals surface area contributed by atoms with Crippen molar-refractivity contribution >= 4 is 28.9 Å². The predicted octanol–water partition coefficient (Wildman–Crippen LogP) is 1.98. The number of hydrogen-bond acceptors (Lipinski definition) is 8. The summed E-state index contributed by atoms with van der Waals surface area (Å²) in [6, 6.07) is 0.904. The van der Waals surface area contributed by atoms with Gasteiger partial charge in [-0.15, -0.1) is 0 Å². The van der Waals surface area contributed by atoms with E-state index in [1.54, 1.807) is 12.3 Å². The maximum absolute atomic E-state index is 10.4. The Hall–Kier alpha value is -1.36. The molecule has 0 bridgehead atoms. The zero-order chi connectivity index (χ0) is 20.1. The summed E-state index contributed by atoms with van der Waals surface area (Å²) in [5.41, 5.74) is 10.2. The fourth-order valence-electron chi connectivity index (χ4n) is 3.31. The van der Waals surface area contributed by atoms with Crippen LogP contribution in [-0.2, 0) is 9.47 Å². The maximum Gasteiger partial charge on any atom is 0.134 e. The summed E-state index contributed by atoms with van der Waals surface area (Å²) in [6.45, 7) is 1.21. The van der Waals surface area contributed by atoms with Crippen LogP contribution in [-0.4, -0.2) is 71.8 Å². The summed E-state index contributed by atoms with van der Waals surface area (Å²) in [6.07, 6.45) is 1.73. The summed E-state index contributed by atoms with van der Waals surface area (Å²) in [4.78, 5) is 8.11. The standard InChI is InChI=1S/C17H22ClN5O4S/c1-26-16-14(22-23-19)15(25)11(8-24)27-17(16)28-12-6-10(18)7-21-13(12)9-2-4-20-5-3-9/h2,6-7,11,14-17,20,24-25H,3-5,8H2,1H3/t11-,14+,15+,16-,17-/m1/s1. The second-order valence-electron chi connectivity index (χ2n) is 6.41. The minimum atomic E-state index is -1.17. The third kappa shape index (κ3) is 4.61. The van der Waals surface area contributed by atoms with Crippen LogP contribution < -0.4 is 5.32 Å². The van der Waals surface area contributed by atoms with Crippen molar-refractivity contribution in [2.45, 2.75) is 41.1 Å². The molecule has 11 heteroatoms. The van der Waals surface area contributed by atoms with E-state index >= 15 is 0 Å². The SMILES string of the molecule is CO[C@@H]1[C@@H](N=[N+]=[N-])[C@@H](O)[C@@H](CO)O[C@@H]1Sc1cc(Cl)cnc1C1=CCNCC1. The number of aliphatic hydroxyl groups excluding tert-OH is 2. The van der Waals surface area contributed by atoms with E-state index in [0.717, 1.165) is 35.7 Å². The summed E-state index contributed by atoms with van der Waals surface area (Å²) < 4.78 is 11.4. The van der Waals surface area contributed by atoms with Crippen LogP contribution in [0.15, 0.2) is 28.3 Å². The Morgan fingerprint density at radius 2 is 2.39 bits per heavy atom. The van der Waals surface area contributed by atoms with Gasteiger partial charge in [0.15, 0.2) is 0 Å². The Labute approximate surface area is 171 Å². The molecule has 3 rings (SSSR count). The average Bonchev–Trinajstić information content (AvgIpc) is 2.71. The average molecular weight is 428 g/mol. The van der Waals surface area contributed by atoms with Gasteiger partial charge in [0.25, 0.3) is 0 Å². The van der Waals surface area contributed by atoms with Gasteiger partial charge in [-0.25, -0.2) is 0 Å². The van der Waals surface area contributed by atoms with Crippen LogP contribution in [0.4, 0.5) is 0 Å². The Bertz CT molecular complexity index is 776. The van der Waals surface area contributed by atoms with Gasteiger partial charge in [-0.3, -0.25) is 4.98 Å². The Morgan fingerprint density at radius 1 is 1.57 bits per heavy atom. The molecular formula is C17H22ClN5O4S. The van der Waals surface area contributed by atoms with Crippen molar-refractivity contribution in [2.24, 2.45) is 5.11 Å². The Kier molecular flexibility index (Phi) is 7.55.